The molecule has 1 atom stereocenters. The molecule has 2 N–H and O–H groups in total. The summed E-state index contributed by atoms with van der Waals surface area (Å²) in [6.07, 6.45) is 3.33. The Labute approximate surface area is 167 Å². The van der Waals surface area contributed by atoms with Crippen molar-refractivity contribution in [3.8, 4) is 5.75 Å². The average Bonchev–Trinajstić information content (AvgIpc) is 3.13. The Hall–Kier alpha value is -2.38. The number of carbonyl (C=O) groups excluding carboxylic acids is 2. The maximum atomic E-state index is 13.5. The zero-order valence-corrected chi connectivity index (χ0v) is 16.4. The van der Waals surface area contributed by atoms with Gasteiger partial charge < -0.3 is 20.3 Å². The van der Waals surface area contributed by atoms with E-state index in [-0.39, 0.29) is 29.9 Å². The van der Waals surface area contributed by atoms with Crippen LogP contribution in [-0.4, -0.2) is 42.5 Å². The third-order valence-electron chi connectivity index (χ3n) is 6.18. The lowest BCUT2D eigenvalue weighted by molar-refractivity contribution is -0.118. The Balaban J connectivity index is 1.43. The molecular weight excluding hydrogens is 374 g/mol. The lowest BCUT2D eigenvalue weighted by atomic mass is 9.93. The zero-order chi connectivity index (χ0) is 19.1. The molecule has 1 unspecified atom stereocenters. The van der Waals surface area contributed by atoms with Crippen molar-refractivity contribution in [1.29, 1.82) is 0 Å². The van der Waals surface area contributed by atoms with Crippen LogP contribution in [-0.2, 0) is 11.3 Å². The van der Waals surface area contributed by atoms with Gasteiger partial charge in [0.2, 0.25) is 0 Å². The molecule has 2 aliphatic heterocycles. The van der Waals surface area contributed by atoms with E-state index in [1.165, 1.54) is 5.56 Å². The Morgan fingerprint density at radius 1 is 1.29 bits per heavy atom. The number of piperidine rings is 1. The highest BCUT2D eigenvalue weighted by molar-refractivity contribution is 7.07. The average molecular weight is 398 g/mol. The molecule has 1 aromatic carbocycles. The SMILES string of the molecule is O=C1COc2ccc(C(=O)N(Cc3ccsc3)C3CC34CCNCC4)cc2N1. The van der Waals surface area contributed by atoms with Crippen LogP contribution < -0.4 is 15.4 Å². The molecule has 2 amide bonds. The summed E-state index contributed by atoms with van der Waals surface area (Å²) in [6, 6.07) is 7.69. The Kier molecular flexibility index (Phi) is 4.36. The number of ether oxygens (including phenoxy) is 1. The fourth-order valence-corrected chi connectivity index (χ4v) is 5.17. The molecule has 0 bridgehead atoms. The second-order valence-electron chi connectivity index (χ2n) is 7.94. The molecule has 2 fully saturated rings. The van der Waals surface area contributed by atoms with Gasteiger partial charge in [0, 0.05) is 18.2 Å². The molecule has 3 aliphatic rings. The highest BCUT2D eigenvalue weighted by atomic mass is 32.1. The number of thiophene rings is 1. The van der Waals surface area contributed by atoms with E-state index in [1.807, 2.05) is 4.90 Å². The van der Waals surface area contributed by atoms with Gasteiger partial charge in [0.1, 0.15) is 5.75 Å². The molecule has 1 spiro atoms. The lowest BCUT2D eigenvalue weighted by Gasteiger charge is -2.30. The fraction of sp³-hybridized carbons (Fsp3) is 0.429. The lowest BCUT2D eigenvalue weighted by Crippen LogP contribution is -2.39. The maximum Gasteiger partial charge on any atom is 0.262 e. The summed E-state index contributed by atoms with van der Waals surface area (Å²) >= 11 is 1.66. The summed E-state index contributed by atoms with van der Waals surface area (Å²) in [6.45, 7) is 2.70. The molecule has 146 valence electrons. The van der Waals surface area contributed by atoms with Crippen molar-refractivity contribution in [3.63, 3.8) is 0 Å². The number of hydrogen-bond acceptors (Lipinski definition) is 5. The largest absolute Gasteiger partial charge is 0.482 e. The van der Waals surface area contributed by atoms with Crippen LogP contribution in [0, 0.1) is 5.41 Å². The smallest absolute Gasteiger partial charge is 0.262 e. The van der Waals surface area contributed by atoms with Gasteiger partial charge in [-0.05, 0) is 78.4 Å². The van der Waals surface area contributed by atoms with Crippen LogP contribution in [0.15, 0.2) is 35.0 Å². The van der Waals surface area contributed by atoms with Gasteiger partial charge in [-0.15, -0.1) is 0 Å². The molecule has 0 radical (unpaired) electrons. The zero-order valence-electron chi connectivity index (χ0n) is 15.6. The topological polar surface area (TPSA) is 70.7 Å². The molecule has 6 nitrogen and oxygen atoms in total. The second kappa shape index (κ2) is 6.90. The van der Waals surface area contributed by atoms with E-state index in [1.54, 1.807) is 29.5 Å². The number of anilines is 1. The summed E-state index contributed by atoms with van der Waals surface area (Å²) in [5.41, 5.74) is 2.60. The molecule has 1 aliphatic carbocycles. The maximum absolute atomic E-state index is 13.5. The first kappa shape index (κ1) is 17.7. The number of rotatable bonds is 4. The van der Waals surface area contributed by atoms with Crippen LogP contribution >= 0.6 is 11.3 Å². The van der Waals surface area contributed by atoms with E-state index in [0.29, 0.717) is 23.5 Å². The molecule has 3 heterocycles. The molecule has 1 aromatic heterocycles. The second-order valence-corrected chi connectivity index (χ2v) is 8.72. The van der Waals surface area contributed by atoms with Crippen molar-refractivity contribution >= 4 is 28.8 Å². The number of nitrogens with one attached hydrogen (secondary N) is 2. The third-order valence-corrected chi connectivity index (χ3v) is 6.91. The normalized spacial score (nSPS) is 22.1. The van der Waals surface area contributed by atoms with Crippen molar-refractivity contribution in [2.75, 3.05) is 25.0 Å². The Morgan fingerprint density at radius 2 is 2.14 bits per heavy atom. The van der Waals surface area contributed by atoms with Crippen LogP contribution in [0.2, 0.25) is 0 Å². The van der Waals surface area contributed by atoms with Crippen LogP contribution in [0.25, 0.3) is 0 Å². The Bertz CT molecular complexity index is 906. The minimum Gasteiger partial charge on any atom is -0.482 e. The van der Waals surface area contributed by atoms with Gasteiger partial charge in [-0.2, -0.15) is 11.3 Å². The van der Waals surface area contributed by atoms with Crippen molar-refractivity contribution in [2.45, 2.75) is 31.8 Å². The molecule has 5 rings (SSSR count). The first-order chi connectivity index (χ1) is 13.6. The van der Waals surface area contributed by atoms with Crippen molar-refractivity contribution in [1.82, 2.24) is 10.2 Å². The van der Waals surface area contributed by atoms with Crippen molar-refractivity contribution in [3.05, 3.63) is 46.2 Å². The predicted molar refractivity (Wildman–Crippen MR) is 108 cm³/mol. The van der Waals surface area contributed by atoms with Gasteiger partial charge in [-0.25, -0.2) is 0 Å². The number of fused-ring (bicyclic) bond motifs is 1. The molecule has 2 aromatic rings. The molecule has 1 saturated heterocycles. The van der Waals surface area contributed by atoms with Gasteiger partial charge in [-0.3, -0.25) is 9.59 Å². The summed E-state index contributed by atoms with van der Waals surface area (Å²) in [5, 5.41) is 10.4. The van der Waals surface area contributed by atoms with Gasteiger partial charge in [0.15, 0.2) is 6.61 Å². The predicted octanol–water partition coefficient (Wildman–Crippen LogP) is 2.86. The molecule has 28 heavy (non-hydrogen) atoms. The highest BCUT2D eigenvalue weighted by Gasteiger charge is 2.57. The number of hydrogen-bond donors (Lipinski definition) is 2. The molecule has 1 saturated carbocycles. The van der Waals surface area contributed by atoms with E-state index < -0.39 is 0 Å². The van der Waals surface area contributed by atoms with E-state index in [2.05, 4.69) is 27.5 Å². The van der Waals surface area contributed by atoms with Crippen LogP contribution in [0.5, 0.6) is 5.75 Å². The van der Waals surface area contributed by atoms with Gasteiger partial charge in [0.25, 0.3) is 11.8 Å². The molecular formula is C21H23N3O3S. The standard InChI is InChI=1S/C21H23N3O3S/c25-19-12-27-17-2-1-15(9-16(17)23-19)20(26)24(11-14-3-8-28-13-14)18-10-21(18)4-6-22-7-5-21/h1-3,8-9,13,18,22H,4-7,10-12H2,(H,23,25). The number of benzene rings is 1. The first-order valence-electron chi connectivity index (χ1n) is 9.74. The van der Waals surface area contributed by atoms with Crippen LogP contribution in [0.4, 0.5) is 5.69 Å². The summed E-state index contributed by atoms with van der Waals surface area (Å²) in [4.78, 5) is 27.2. The third kappa shape index (κ3) is 3.18. The Morgan fingerprint density at radius 3 is 2.93 bits per heavy atom. The summed E-state index contributed by atoms with van der Waals surface area (Å²) < 4.78 is 5.42. The van der Waals surface area contributed by atoms with Crippen LogP contribution in [0.3, 0.4) is 0 Å². The van der Waals surface area contributed by atoms with Crippen molar-refractivity contribution < 1.29 is 14.3 Å². The number of amides is 2. The summed E-state index contributed by atoms with van der Waals surface area (Å²) in [7, 11) is 0. The number of carbonyl (C=O) groups is 2. The highest BCUT2D eigenvalue weighted by Crippen LogP contribution is 2.56. The van der Waals surface area contributed by atoms with Gasteiger partial charge in [-0.1, -0.05) is 0 Å². The van der Waals surface area contributed by atoms with E-state index in [4.69, 9.17) is 4.74 Å². The minimum atomic E-state index is -0.192. The van der Waals surface area contributed by atoms with E-state index >= 15 is 0 Å². The monoisotopic (exact) mass is 397 g/mol. The molecule has 7 heteroatoms. The van der Waals surface area contributed by atoms with Gasteiger partial charge in [0.05, 0.1) is 5.69 Å². The number of nitrogens with zero attached hydrogens (tertiary/aromatic N) is 1. The van der Waals surface area contributed by atoms with E-state index in [0.717, 1.165) is 32.4 Å². The minimum absolute atomic E-state index is 0.0171. The fourth-order valence-electron chi connectivity index (χ4n) is 4.51. The first-order valence-corrected chi connectivity index (χ1v) is 10.7. The van der Waals surface area contributed by atoms with Crippen molar-refractivity contribution in [2.24, 2.45) is 5.41 Å². The van der Waals surface area contributed by atoms with Gasteiger partial charge >= 0.3 is 0 Å². The van der Waals surface area contributed by atoms with E-state index in [9.17, 15) is 9.59 Å². The quantitative estimate of drug-likeness (QED) is 0.832. The summed E-state index contributed by atoms with van der Waals surface area (Å²) in [5.74, 6) is 0.444. The van der Waals surface area contributed by atoms with Crippen LogP contribution in [0.1, 0.15) is 35.2 Å².